The van der Waals surface area contributed by atoms with Gasteiger partial charge in [0, 0.05) is 5.75 Å². The Kier molecular flexibility index (Phi) is 2.92. The van der Waals surface area contributed by atoms with Gasteiger partial charge in [0.05, 0.1) is 18.1 Å². The molecule has 0 aliphatic heterocycles. The summed E-state index contributed by atoms with van der Waals surface area (Å²) < 4.78 is 0. The van der Waals surface area contributed by atoms with Crippen molar-refractivity contribution < 1.29 is 0 Å². The molecule has 1 rings (SSSR count). The SMILES string of the molecule is Nc1cnc(C=CCS)cn1. The van der Waals surface area contributed by atoms with Gasteiger partial charge in [0.15, 0.2) is 0 Å². The van der Waals surface area contributed by atoms with Crippen molar-refractivity contribution >= 4 is 24.5 Å². The molecule has 0 radical (unpaired) electrons. The fraction of sp³-hybridized carbons (Fsp3) is 0.143. The number of hydrogen-bond donors (Lipinski definition) is 2. The number of thiol groups is 1. The molecule has 0 bridgehead atoms. The fourth-order valence-corrected chi connectivity index (χ4v) is 0.713. The molecule has 1 aromatic heterocycles. The van der Waals surface area contributed by atoms with E-state index >= 15 is 0 Å². The number of aromatic nitrogens is 2. The van der Waals surface area contributed by atoms with Gasteiger partial charge in [0.2, 0.25) is 0 Å². The molecule has 0 saturated carbocycles. The molecule has 0 spiro atoms. The van der Waals surface area contributed by atoms with E-state index < -0.39 is 0 Å². The van der Waals surface area contributed by atoms with Crippen molar-refractivity contribution in [1.29, 1.82) is 0 Å². The predicted octanol–water partition coefficient (Wildman–Crippen LogP) is 1.00. The molecule has 0 aromatic carbocycles. The van der Waals surface area contributed by atoms with E-state index in [1.165, 1.54) is 6.20 Å². The highest BCUT2D eigenvalue weighted by molar-refractivity contribution is 7.80. The summed E-state index contributed by atoms with van der Waals surface area (Å²) in [6.45, 7) is 0. The quantitative estimate of drug-likeness (QED) is 0.646. The van der Waals surface area contributed by atoms with Gasteiger partial charge in [-0.3, -0.25) is 4.98 Å². The molecule has 4 heteroatoms. The molecule has 0 amide bonds. The van der Waals surface area contributed by atoms with Crippen LogP contribution in [-0.4, -0.2) is 15.7 Å². The first-order valence-electron chi connectivity index (χ1n) is 3.18. The molecule has 0 aliphatic carbocycles. The van der Waals surface area contributed by atoms with E-state index in [4.69, 9.17) is 5.73 Å². The summed E-state index contributed by atoms with van der Waals surface area (Å²) in [5.41, 5.74) is 6.14. The van der Waals surface area contributed by atoms with E-state index in [0.29, 0.717) is 11.6 Å². The topological polar surface area (TPSA) is 51.8 Å². The third kappa shape index (κ3) is 2.59. The highest BCUT2D eigenvalue weighted by Gasteiger charge is 1.87. The predicted molar refractivity (Wildman–Crippen MR) is 49.3 cm³/mol. The maximum absolute atomic E-state index is 5.34. The van der Waals surface area contributed by atoms with Gasteiger partial charge in [0.25, 0.3) is 0 Å². The van der Waals surface area contributed by atoms with Crippen LogP contribution < -0.4 is 5.73 Å². The van der Waals surface area contributed by atoms with Gasteiger partial charge < -0.3 is 5.73 Å². The Morgan fingerprint density at radius 1 is 1.45 bits per heavy atom. The number of rotatable bonds is 2. The first-order valence-corrected chi connectivity index (χ1v) is 3.81. The Balaban J connectivity index is 2.73. The average molecular weight is 167 g/mol. The second-order valence-corrected chi connectivity index (χ2v) is 2.32. The minimum atomic E-state index is 0.438. The van der Waals surface area contributed by atoms with Crippen molar-refractivity contribution in [2.45, 2.75) is 0 Å². The van der Waals surface area contributed by atoms with Crippen LogP contribution in [0.15, 0.2) is 18.5 Å². The highest BCUT2D eigenvalue weighted by Crippen LogP contribution is 1.98. The van der Waals surface area contributed by atoms with E-state index in [-0.39, 0.29) is 0 Å². The molecule has 11 heavy (non-hydrogen) atoms. The third-order valence-electron chi connectivity index (χ3n) is 1.09. The molecule has 0 unspecified atom stereocenters. The highest BCUT2D eigenvalue weighted by atomic mass is 32.1. The lowest BCUT2D eigenvalue weighted by Crippen LogP contribution is -1.91. The molecular weight excluding hydrogens is 158 g/mol. The van der Waals surface area contributed by atoms with Crippen LogP contribution in [0.3, 0.4) is 0 Å². The van der Waals surface area contributed by atoms with Gasteiger partial charge in [-0.2, -0.15) is 12.6 Å². The lowest BCUT2D eigenvalue weighted by molar-refractivity contribution is 1.19. The standard InChI is InChI=1S/C7H9N3S/c8-7-5-9-6(4-10-7)2-1-3-11/h1-2,4-5,11H,3H2,(H2,8,10). The second kappa shape index (κ2) is 3.98. The Hall–Kier alpha value is -1.03. The normalized spacial score (nSPS) is 10.6. The molecular formula is C7H9N3S. The smallest absolute Gasteiger partial charge is 0.141 e. The summed E-state index contributed by atoms with van der Waals surface area (Å²) in [5.74, 6) is 1.14. The Bertz CT molecular complexity index is 242. The van der Waals surface area contributed by atoms with Gasteiger partial charge in [0.1, 0.15) is 5.82 Å². The van der Waals surface area contributed by atoms with Gasteiger partial charge >= 0.3 is 0 Å². The molecule has 3 nitrogen and oxygen atoms in total. The molecule has 0 fully saturated rings. The summed E-state index contributed by atoms with van der Waals surface area (Å²) >= 11 is 4.01. The van der Waals surface area contributed by atoms with Crippen LogP contribution in [0.25, 0.3) is 6.08 Å². The Morgan fingerprint density at radius 2 is 2.27 bits per heavy atom. The lowest BCUT2D eigenvalue weighted by atomic mass is 10.4. The van der Waals surface area contributed by atoms with Crippen molar-refractivity contribution in [2.75, 3.05) is 11.5 Å². The Labute approximate surface area is 70.8 Å². The fourth-order valence-electron chi connectivity index (χ4n) is 0.608. The van der Waals surface area contributed by atoms with E-state index in [9.17, 15) is 0 Å². The van der Waals surface area contributed by atoms with E-state index in [0.717, 1.165) is 5.69 Å². The summed E-state index contributed by atoms with van der Waals surface area (Å²) in [6, 6.07) is 0. The minimum Gasteiger partial charge on any atom is -0.382 e. The van der Waals surface area contributed by atoms with Crippen molar-refractivity contribution in [3.8, 4) is 0 Å². The molecule has 2 N–H and O–H groups in total. The summed E-state index contributed by atoms with van der Waals surface area (Å²) in [6.07, 6.45) is 6.89. The molecule has 58 valence electrons. The minimum absolute atomic E-state index is 0.438. The lowest BCUT2D eigenvalue weighted by Gasteiger charge is -1.91. The third-order valence-corrected chi connectivity index (χ3v) is 1.30. The van der Waals surface area contributed by atoms with Gasteiger partial charge in [-0.1, -0.05) is 6.08 Å². The van der Waals surface area contributed by atoms with E-state index in [1.807, 2.05) is 12.2 Å². The van der Waals surface area contributed by atoms with Crippen LogP contribution in [0.2, 0.25) is 0 Å². The van der Waals surface area contributed by atoms with Crippen molar-refractivity contribution in [3.63, 3.8) is 0 Å². The van der Waals surface area contributed by atoms with Crippen molar-refractivity contribution in [2.24, 2.45) is 0 Å². The zero-order chi connectivity index (χ0) is 8.10. The van der Waals surface area contributed by atoms with Crippen LogP contribution in [0.4, 0.5) is 5.82 Å². The maximum atomic E-state index is 5.34. The number of nitrogens with two attached hydrogens (primary N) is 1. The van der Waals surface area contributed by atoms with Gasteiger partial charge in [-0.25, -0.2) is 4.98 Å². The molecule has 1 heterocycles. The molecule has 0 aliphatic rings. The maximum Gasteiger partial charge on any atom is 0.141 e. The van der Waals surface area contributed by atoms with Crippen molar-refractivity contribution in [3.05, 3.63) is 24.2 Å². The first-order chi connectivity index (χ1) is 5.33. The van der Waals surface area contributed by atoms with Crippen LogP contribution in [0.1, 0.15) is 5.69 Å². The van der Waals surface area contributed by atoms with Crippen LogP contribution in [0.5, 0.6) is 0 Å². The van der Waals surface area contributed by atoms with Crippen LogP contribution in [0, 0.1) is 0 Å². The number of nitrogen functional groups attached to an aromatic ring is 1. The molecule has 0 atom stereocenters. The zero-order valence-electron chi connectivity index (χ0n) is 5.94. The van der Waals surface area contributed by atoms with Crippen LogP contribution >= 0.6 is 12.6 Å². The number of hydrogen-bond acceptors (Lipinski definition) is 4. The largest absolute Gasteiger partial charge is 0.382 e. The second-order valence-electron chi connectivity index (χ2n) is 1.95. The zero-order valence-corrected chi connectivity index (χ0v) is 6.83. The summed E-state index contributed by atoms with van der Waals surface area (Å²) in [7, 11) is 0. The van der Waals surface area contributed by atoms with Crippen LogP contribution in [-0.2, 0) is 0 Å². The Morgan fingerprint density at radius 3 is 2.82 bits per heavy atom. The van der Waals surface area contributed by atoms with E-state index in [2.05, 4.69) is 22.6 Å². The average Bonchev–Trinajstić information content (AvgIpc) is 2.04. The first kappa shape index (κ1) is 8.07. The van der Waals surface area contributed by atoms with Gasteiger partial charge in [-0.05, 0) is 6.08 Å². The van der Waals surface area contributed by atoms with Gasteiger partial charge in [-0.15, -0.1) is 0 Å². The number of nitrogens with zero attached hydrogens (tertiary/aromatic N) is 2. The molecule has 1 aromatic rings. The van der Waals surface area contributed by atoms with E-state index in [1.54, 1.807) is 6.20 Å². The summed E-state index contributed by atoms with van der Waals surface area (Å²) in [4.78, 5) is 7.88. The monoisotopic (exact) mass is 167 g/mol. The van der Waals surface area contributed by atoms with Crippen molar-refractivity contribution in [1.82, 2.24) is 9.97 Å². The number of anilines is 1. The molecule has 0 saturated heterocycles. The summed E-state index contributed by atoms with van der Waals surface area (Å²) in [5, 5.41) is 0.